The Morgan fingerprint density at radius 1 is 1.44 bits per heavy atom. The van der Waals surface area contributed by atoms with Gasteiger partial charge < -0.3 is 9.73 Å². The fourth-order valence-corrected chi connectivity index (χ4v) is 4.79. The Morgan fingerprint density at radius 2 is 2.28 bits per heavy atom. The summed E-state index contributed by atoms with van der Waals surface area (Å²) in [5.41, 5.74) is 2.67. The molecule has 1 aromatic heterocycles. The van der Waals surface area contributed by atoms with E-state index in [0.29, 0.717) is 11.0 Å². The lowest BCUT2D eigenvalue weighted by Gasteiger charge is -2.22. The second-order valence-electron chi connectivity index (χ2n) is 6.49. The fraction of sp³-hybridized carbons (Fsp3) is 0.368. The van der Waals surface area contributed by atoms with E-state index in [-0.39, 0.29) is 24.3 Å². The van der Waals surface area contributed by atoms with Gasteiger partial charge in [0, 0.05) is 29.3 Å². The van der Waals surface area contributed by atoms with Crippen LogP contribution in [0.5, 0.6) is 0 Å². The number of aryl methyl sites for hydroxylation is 1. The van der Waals surface area contributed by atoms with Crippen molar-refractivity contribution in [3.05, 3.63) is 58.3 Å². The third kappa shape index (κ3) is 2.99. The SMILES string of the molecule is CC1=N[C@H]2c3c(oc(C(=O)NCc4cccc(F)c4)c3C)CC[C@@H]2S1. The zero-order chi connectivity index (χ0) is 17.6. The third-order valence-electron chi connectivity index (χ3n) is 4.77. The average molecular weight is 358 g/mol. The Kier molecular flexibility index (Phi) is 4.15. The van der Waals surface area contributed by atoms with Crippen molar-refractivity contribution < 1.29 is 13.6 Å². The van der Waals surface area contributed by atoms with Gasteiger partial charge in [0.05, 0.1) is 11.1 Å². The molecule has 0 fully saturated rings. The molecule has 0 saturated heterocycles. The van der Waals surface area contributed by atoms with Gasteiger partial charge in [-0.3, -0.25) is 9.79 Å². The Morgan fingerprint density at radius 3 is 3.08 bits per heavy atom. The van der Waals surface area contributed by atoms with Crippen molar-refractivity contribution in [1.82, 2.24) is 5.32 Å². The van der Waals surface area contributed by atoms with Crippen LogP contribution in [0.4, 0.5) is 4.39 Å². The number of furan rings is 1. The molecule has 1 amide bonds. The molecule has 6 heteroatoms. The number of aliphatic imine (C=N–C) groups is 1. The maximum atomic E-state index is 13.2. The first kappa shape index (κ1) is 16.4. The number of rotatable bonds is 3. The molecule has 1 aromatic carbocycles. The van der Waals surface area contributed by atoms with E-state index in [4.69, 9.17) is 9.41 Å². The highest BCUT2D eigenvalue weighted by Crippen LogP contribution is 2.47. The van der Waals surface area contributed by atoms with Crippen LogP contribution >= 0.6 is 11.8 Å². The summed E-state index contributed by atoms with van der Waals surface area (Å²) in [6.45, 7) is 4.22. The van der Waals surface area contributed by atoms with Crippen LogP contribution in [-0.4, -0.2) is 16.2 Å². The molecule has 0 saturated carbocycles. The standard InChI is InChI=1S/C19H19FN2O2S/c1-10-16-14(6-7-15-17(16)22-11(2)25-15)24-18(10)19(23)21-9-12-4-3-5-13(20)8-12/h3-5,8,15,17H,6-7,9H2,1-2H3,(H,21,23)/t15-,17+/m0/s1. The molecule has 4 rings (SSSR count). The van der Waals surface area contributed by atoms with E-state index >= 15 is 0 Å². The third-order valence-corrected chi connectivity index (χ3v) is 6.01. The zero-order valence-electron chi connectivity index (χ0n) is 14.1. The summed E-state index contributed by atoms with van der Waals surface area (Å²) in [5.74, 6) is 0.661. The molecule has 0 radical (unpaired) electrons. The second kappa shape index (κ2) is 6.33. The van der Waals surface area contributed by atoms with Crippen LogP contribution in [-0.2, 0) is 13.0 Å². The number of hydrogen-bond acceptors (Lipinski definition) is 4. The summed E-state index contributed by atoms with van der Waals surface area (Å²) in [7, 11) is 0. The lowest BCUT2D eigenvalue weighted by molar-refractivity contribution is 0.0920. The van der Waals surface area contributed by atoms with Gasteiger partial charge in [-0.2, -0.15) is 0 Å². The number of amides is 1. The Balaban J connectivity index is 1.55. The molecule has 25 heavy (non-hydrogen) atoms. The van der Waals surface area contributed by atoms with E-state index in [1.807, 2.05) is 25.6 Å². The molecule has 2 atom stereocenters. The first-order valence-corrected chi connectivity index (χ1v) is 9.26. The number of nitrogens with one attached hydrogen (secondary N) is 1. The van der Waals surface area contributed by atoms with Gasteiger partial charge in [0.2, 0.25) is 0 Å². The number of fused-ring (bicyclic) bond motifs is 3. The van der Waals surface area contributed by atoms with Crippen LogP contribution in [0.3, 0.4) is 0 Å². The van der Waals surface area contributed by atoms with Crippen LogP contribution in [0, 0.1) is 12.7 Å². The molecule has 1 aliphatic heterocycles. The largest absolute Gasteiger partial charge is 0.455 e. The molecule has 2 aromatic rings. The van der Waals surface area contributed by atoms with E-state index in [9.17, 15) is 9.18 Å². The lowest BCUT2D eigenvalue weighted by atomic mass is 9.90. The van der Waals surface area contributed by atoms with Crippen molar-refractivity contribution in [2.24, 2.45) is 4.99 Å². The van der Waals surface area contributed by atoms with Crippen molar-refractivity contribution >= 4 is 22.7 Å². The highest BCUT2D eigenvalue weighted by atomic mass is 32.2. The fourth-order valence-electron chi connectivity index (χ4n) is 3.62. The monoisotopic (exact) mass is 358 g/mol. The van der Waals surface area contributed by atoms with Gasteiger partial charge >= 0.3 is 0 Å². The number of thioether (sulfide) groups is 1. The molecule has 0 bridgehead atoms. The molecule has 2 heterocycles. The van der Waals surface area contributed by atoms with E-state index in [0.717, 1.165) is 40.3 Å². The number of benzene rings is 1. The van der Waals surface area contributed by atoms with E-state index in [2.05, 4.69) is 5.32 Å². The van der Waals surface area contributed by atoms with E-state index in [1.165, 1.54) is 12.1 Å². The normalized spacial score (nSPS) is 21.5. The molecule has 0 unspecified atom stereocenters. The van der Waals surface area contributed by atoms with Crippen LogP contribution in [0.15, 0.2) is 33.7 Å². The smallest absolute Gasteiger partial charge is 0.287 e. The van der Waals surface area contributed by atoms with Crippen LogP contribution in [0.2, 0.25) is 0 Å². The lowest BCUT2D eigenvalue weighted by Crippen LogP contribution is -2.23. The maximum absolute atomic E-state index is 13.2. The maximum Gasteiger partial charge on any atom is 0.287 e. The van der Waals surface area contributed by atoms with Crippen molar-refractivity contribution in [2.45, 2.75) is 44.5 Å². The van der Waals surface area contributed by atoms with Gasteiger partial charge in [0.15, 0.2) is 5.76 Å². The van der Waals surface area contributed by atoms with Crippen molar-refractivity contribution in [3.8, 4) is 0 Å². The van der Waals surface area contributed by atoms with Crippen molar-refractivity contribution in [2.75, 3.05) is 0 Å². The second-order valence-corrected chi connectivity index (χ2v) is 7.93. The minimum atomic E-state index is -0.311. The first-order chi connectivity index (χ1) is 12.0. The quantitative estimate of drug-likeness (QED) is 0.896. The van der Waals surface area contributed by atoms with Gasteiger partial charge in [0.1, 0.15) is 11.6 Å². The van der Waals surface area contributed by atoms with Gasteiger partial charge in [-0.25, -0.2) is 4.39 Å². The molecule has 0 spiro atoms. The summed E-state index contributed by atoms with van der Waals surface area (Å²) in [6, 6.07) is 6.31. The van der Waals surface area contributed by atoms with Crippen LogP contribution < -0.4 is 5.32 Å². The van der Waals surface area contributed by atoms with Gasteiger partial charge in [-0.15, -0.1) is 11.8 Å². The summed E-state index contributed by atoms with van der Waals surface area (Å²) < 4.78 is 19.1. The topological polar surface area (TPSA) is 54.6 Å². The number of carbonyl (C=O) groups is 1. The van der Waals surface area contributed by atoms with Crippen molar-refractivity contribution in [1.29, 1.82) is 0 Å². The summed E-state index contributed by atoms with van der Waals surface area (Å²) in [5, 5.41) is 4.37. The molecular formula is C19H19FN2O2S. The van der Waals surface area contributed by atoms with Gasteiger partial charge in [-0.05, 0) is 38.0 Å². The number of nitrogens with zero attached hydrogens (tertiary/aromatic N) is 1. The predicted octanol–water partition coefficient (Wildman–Crippen LogP) is 4.18. The molecule has 1 aliphatic carbocycles. The van der Waals surface area contributed by atoms with Gasteiger partial charge in [-0.1, -0.05) is 12.1 Å². The summed E-state index contributed by atoms with van der Waals surface area (Å²) >= 11 is 1.82. The summed E-state index contributed by atoms with van der Waals surface area (Å²) in [4.78, 5) is 17.3. The minimum Gasteiger partial charge on any atom is -0.455 e. The molecular weight excluding hydrogens is 339 g/mol. The molecule has 1 N–H and O–H groups in total. The molecule has 130 valence electrons. The number of halogens is 1. The highest BCUT2D eigenvalue weighted by molar-refractivity contribution is 8.14. The first-order valence-electron chi connectivity index (χ1n) is 8.39. The van der Waals surface area contributed by atoms with Crippen LogP contribution in [0.25, 0.3) is 0 Å². The van der Waals surface area contributed by atoms with Gasteiger partial charge in [0.25, 0.3) is 5.91 Å². The predicted molar refractivity (Wildman–Crippen MR) is 96.6 cm³/mol. The molecule has 2 aliphatic rings. The van der Waals surface area contributed by atoms with Crippen LogP contribution in [0.1, 0.15) is 52.4 Å². The zero-order valence-corrected chi connectivity index (χ0v) is 15.0. The summed E-state index contributed by atoms with van der Waals surface area (Å²) in [6.07, 6.45) is 1.85. The molecule has 4 nitrogen and oxygen atoms in total. The number of carbonyl (C=O) groups excluding carboxylic acids is 1. The Bertz CT molecular complexity index is 874. The van der Waals surface area contributed by atoms with E-state index < -0.39 is 0 Å². The Labute approximate surface area is 149 Å². The highest BCUT2D eigenvalue weighted by Gasteiger charge is 2.39. The minimum absolute atomic E-state index is 0.0993. The average Bonchev–Trinajstić information content (AvgIpc) is 3.12. The van der Waals surface area contributed by atoms with Crippen molar-refractivity contribution in [3.63, 3.8) is 0 Å². The number of hydrogen-bond donors (Lipinski definition) is 1. The van der Waals surface area contributed by atoms with E-state index in [1.54, 1.807) is 12.1 Å². The Hall–Kier alpha value is -2.08.